The van der Waals surface area contributed by atoms with Gasteiger partial charge in [0, 0.05) is 38.3 Å². The number of rotatable bonds is 4. The summed E-state index contributed by atoms with van der Waals surface area (Å²) in [5.41, 5.74) is 2.91. The van der Waals surface area contributed by atoms with E-state index in [1.54, 1.807) is 6.20 Å². The number of benzene rings is 1. The van der Waals surface area contributed by atoms with Crippen LogP contribution in [-0.4, -0.2) is 51.9 Å². The molecule has 6 heteroatoms. The number of carbonyl (C=O) groups excluding carboxylic acids is 1. The number of aromatic amines is 1. The van der Waals surface area contributed by atoms with Gasteiger partial charge in [0.15, 0.2) is 0 Å². The van der Waals surface area contributed by atoms with E-state index in [4.69, 9.17) is 0 Å². The van der Waals surface area contributed by atoms with Crippen molar-refractivity contribution in [3.05, 3.63) is 66.2 Å². The predicted octanol–water partition coefficient (Wildman–Crippen LogP) is 4.73. The number of carbonyl (C=O) groups is 1. The van der Waals surface area contributed by atoms with Crippen molar-refractivity contribution in [2.75, 3.05) is 31.1 Å². The lowest BCUT2D eigenvalue weighted by atomic mass is 9.97. The van der Waals surface area contributed by atoms with Crippen molar-refractivity contribution in [2.45, 2.75) is 38.5 Å². The Morgan fingerprint density at radius 1 is 0.969 bits per heavy atom. The summed E-state index contributed by atoms with van der Waals surface area (Å²) in [5.74, 6) is 3.15. The molecule has 0 spiro atoms. The molecule has 2 saturated heterocycles. The van der Waals surface area contributed by atoms with Gasteiger partial charge in [-0.15, -0.1) is 0 Å². The molecule has 4 heterocycles. The largest absolute Gasteiger partial charge is 0.356 e. The molecule has 1 aromatic carbocycles. The van der Waals surface area contributed by atoms with Gasteiger partial charge in [0.25, 0.3) is 5.91 Å². The number of pyridine rings is 1. The first kappa shape index (κ1) is 20.7. The lowest BCUT2D eigenvalue weighted by Gasteiger charge is -2.33. The summed E-state index contributed by atoms with van der Waals surface area (Å²) in [6, 6.07) is 14.3. The number of aromatic nitrogens is 3. The summed E-state index contributed by atoms with van der Waals surface area (Å²) in [6.07, 6.45) is 8.07. The monoisotopic (exact) mass is 429 g/mol. The normalized spacial score (nSPS) is 19.8. The van der Waals surface area contributed by atoms with Gasteiger partial charge in [-0.2, -0.15) is 0 Å². The average Bonchev–Trinajstić information content (AvgIpc) is 3.35. The minimum Gasteiger partial charge on any atom is -0.356 e. The van der Waals surface area contributed by atoms with Crippen molar-refractivity contribution in [2.24, 2.45) is 5.92 Å². The zero-order chi connectivity index (χ0) is 21.9. The zero-order valence-corrected chi connectivity index (χ0v) is 18.7. The van der Waals surface area contributed by atoms with Crippen molar-refractivity contribution in [1.29, 1.82) is 0 Å². The Morgan fingerprint density at radius 2 is 1.78 bits per heavy atom. The van der Waals surface area contributed by atoms with Crippen LogP contribution in [-0.2, 0) is 0 Å². The van der Waals surface area contributed by atoms with Gasteiger partial charge in [-0.3, -0.25) is 4.79 Å². The quantitative estimate of drug-likeness (QED) is 0.651. The standard InChI is InChI=1S/C26H31N5O/c1-19-11-14-30(15-12-19)26(32)21-9-10-24(27-16-21)31-13-5-8-22(18-31)25-28-17-23(29-25)20-6-3-2-4-7-20/h2-4,6-7,9-10,16-17,19,22H,5,8,11-15,18H2,1H3,(H,28,29). The first-order valence-electron chi connectivity index (χ1n) is 11.8. The Morgan fingerprint density at radius 3 is 2.53 bits per heavy atom. The molecule has 1 N–H and O–H groups in total. The van der Waals surface area contributed by atoms with Crippen LogP contribution in [0, 0.1) is 5.92 Å². The molecule has 2 fully saturated rings. The van der Waals surface area contributed by atoms with Gasteiger partial charge in [-0.25, -0.2) is 9.97 Å². The molecule has 32 heavy (non-hydrogen) atoms. The molecule has 1 atom stereocenters. The van der Waals surface area contributed by atoms with Gasteiger partial charge in [0.05, 0.1) is 17.5 Å². The number of amides is 1. The van der Waals surface area contributed by atoms with Crippen molar-refractivity contribution in [1.82, 2.24) is 19.9 Å². The first-order valence-corrected chi connectivity index (χ1v) is 11.8. The Bertz CT molecular complexity index is 1040. The molecule has 2 aliphatic heterocycles. The van der Waals surface area contributed by atoms with E-state index in [9.17, 15) is 4.79 Å². The summed E-state index contributed by atoms with van der Waals surface area (Å²) in [6.45, 7) is 5.82. The molecule has 6 nitrogen and oxygen atoms in total. The lowest BCUT2D eigenvalue weighted by Crippen LogP contribution is -2.38. The van der Waals surface area contributed by atoms with Gasteiger partial charge >= 0.3 is 0 Å². The van der Waals surface area contributed by atoms with E-state index in [-0.39, 0.29) is 5.91 Å². The Hall–Kier alpha value is -3.15. The SMILES string of the molecule is CC1CCN(C(=O)c2ccc(N3CCCC(c4ncc(-c5ccccc5)[nH]4)C3)nc2)CC1. The highest BCUT2D eigenvalue weighted by Crippen LogP contribution is 2.29. The van der Waals surface area contributed by atoms with Crippen LogP contribution in [0.3, 0.4) is 0 Å². The van der Waals surface area contributed by atoms with Gasteiger partial charge < -0.3 is 14.8 Å². The fourth-order valence-corrected chi connectivity index (χ4v) is 4.81. The number of imidazole rings is 1. The molecule has 1 unspecified atom stereocenters. The van der Waals surface area contributed by atoms with Gasteiger partial charge in [0.2, 0.25) is 0 Å². The molecule has 2 aliphatic rings. The highest BCUT2D eigenvalue weighted by Gasteiger charge is 2.26. The lowest BCUT2D eigenvalue weighted by molar-refractivity contribution is 0.0697. The van der Waals surface area contributed by atoms with Crippen LogP contribution in [0.15, 0.2) is 54.9 Å². The molecule has 0 saturated carbocycles. The number of hydrogen-bond acceptors (Lipinski definition) is 4. The Kier molecular flexibility index (Phi) is 5.93. The number of likely N-dealkylation sites (tertiary alicyclic amines) is 1. The van der Waals surface area contributed by atoms with Crippen LogP contribution in [0.4, 0.5) is 5.82 Å². The predicted molar refractivity (Wildman–Crippen MR) is 127 cm³/mol. The van der Waals surface area contributed by atoms with Crippen molar-refractivity contribution in [3.63, 3.8) is 0 Å². The molecule has 2 aromatic heterocycles. The average molecular weight is 430 g/mol. The van der Waals surface area contributed by atoms with Crippen molar-refractivity contribution >= 4 is 11.7 Å². The molecular formula is C26H31N5O. The molecule has 0 aliphatic carbocycles. The first-order chi connectivity index (χ1) is 15.7. The summed E-state index contributed by atoms with van der Waals surface area (Å²) in [7, 11) is 0. The molecule has 5 rings (SSSR count). The second-order valence-corrected chi connectivity index (χ2v) is 9.21. The maximum Gasteiger partial charge on any atom is 0.255 e. The van der Waals surface area contributed by atoms with E-state index < -0.39 is 0 Å². The number of nitrogens with one attached hydrogen (secondary N) is 1. The van der Waals surface area contributed by atoms with Crippen molar-refractivity contribution in [3.8, 4) is 11.3 Å². The van der Waals surface area contributed by atoms with Crippen LogP contribution >= 0.6 is 0 Å². The van der Waals surface area contributed by atoms with Gasteiger partial charge in [-0.1, -0.05) is 37.3 Å². The minimum atomic E-state index is 0.108. The minimum absolute atomic E-state index is 0.108. The molecule has 0 bridgehead atoms. The second kappa shape index (κ2) is 9.15. The molecular weight excluding hydrogens is 398 g/mol. The van der Waals surface area contributed by atoms with E-state index in [0.29, 0.717) is 17.4 Å². The van der Waals surface area contributed by atoms with E-state index in [1.807, 2.05) is 41.4 Å². The maximum absolute atomic E-state index is 12.8. The van der Waals surface area contributed by atoms with Crippen molar-refractivity contribution < 1.29 is 4.79 Å². The fraction of sp³-hybridized carbons (Fsp3) is 0.423. The van der Waals surface area contributed by atoms with Crippen LogP contribution in [0.1, 0.15) is 54.7 Å². The molecule has 1 amide bonds. The summed E-state index contributed by atoms with van der Waals surface area (Å²) < 4.78 is 0. The fourth-order valence-electron chi connectivity index (χ4n) is 4.81. The highest BCUT2D eigenvalue weighted by atomic mass is 16.2. The van der Waals surface area contributed by atoms with Crippen LogP contribution in [0.25, 0.3) is 11.3 Å². The van der Waals surface area contributed by atoms with E-state index in [0.717, 1.165) is 74.8 Å². The van der Waals surface area contributed by atoms with Gasteiger partial charge in [-0.05, 0) is 49.3 Å². The number of nitrogens with zero attached hydrogens (tertiary/aromatic N) is 4. The second-order valence-electron chi connectivity index (χ2n) is 9.21. The molecule has 0 radical (unpaired) electrons. The number of H-pyrrole nitrogens is 1. The van der Waals surface area contributed by atoms with E-state index >= 15 is 0 Å². The third kappa shape index (κ3) is 4.40. The molecule has 3 aromatic rings. The van der Waals surface area contributed by atoms with Crippen LogP contribution < -0.4 is 4.90 Å². The highest BCUT2D eigenvalue weighted by molar-refractivity contribution is 5.94. The third-order valence-corrected chi connectivity index (χ3v) is 6.88. The van der Waals surface area contributed by atoms with Crippen LogP contribution in [0.5, 0.6) is 0 Å². The summed E-state index contributed by atoms with van der Waals surface area (Å²) in [5, 5.41) is 0. The smallest absolute Gasteiger partial charge is 0.255 e. The topological polar surface area (TPSA) is 65.1 Å². The molecule has 166 valence electrons. The van der Waals surface area contributed by atoms with E-state index in [2.05, 4.69) is 38.9 Å². The Balaban J connectivity index is 1.25. The zero-order valence-electron chi connectivity index (χ0n) is 18.7. The Labute approximate surface area is 189 Å². The number of hydrogen-bond donors (Lipinski definition) is 1. The van der Waals surface area contributed by atoms with E-state index in [1.165, 1.54) is 0 Å². The van der Waals surface area contributed by atoms with Gasteiger partial charge in [0.1, 0.15) is 11.6 Å². The summed E-state index contributed by atoms with van der Waals surface area (Å²) in [4.78, 5) is 30.0. The number of anilines is 1. The third-order valence-electron chi connectivity index (χ3n) is 6.88. The maximum atomic E-state index is 12.8. The summed E-state index contributed by atoms with van der Waals surface area (Å²) >= 11 is 0. The number of piperidine rings is 2. The van der Waals surface area contributed by atoms with Crippen LogP contribution in [0.2, 0.25) is 0 Å².